The Kier molecular flexibility index (Phi) is 6.61. The molecule has 0 aliphatic carbocycles. The third kappa shape index (κ3) is 5.04. The fourth-order valence-corrected chi connectivity index (χ4v) is 4.91. The molecule has 11 heteroatoms. The monoisotopic (exact) mass is 499 g/mol. The molecule has 35 heavy (non-hydrogen) atoms. The lowest BCUT2D eigenvalue weighted by molar-refractivity contribution is -0.121. The van der Waals surface area contributed by atoms with E-state index in [2.05, 4.69) is 10.0 Å². The summed E-state index contributed by atoms with van der Waals surface area (Å²) in [6.45, 7) is 0. The lowest BCUT2D eigenvalue weighted by Crippen LogP contribution is -2.34. The highest BCUT2D eigenvalue weighted by Gasteiger charge is 2.39. The summed E-state index contributed by atoms with van der Waals surface area (Å²) in [6, 6.07) is 14.7. The fraction of sp³-hybridized carbons (Fsp3) is 0.167. The number of halogens is 1. The molecule has 3 aromatic rings. The van der Waals surface area contributed by atoms with Crippen molar-refractivity contribution in [2.24, 2.45) is 0 Å². The van der Waals surface area contributed by atoms with Gasteiger partial charge >= 0.3 is 0 Å². The summed E-state index contributed by atoms with van der Waals surface area (Å²) < 4.78 is 52.2. The summed E-state index contributed by atoms with van der Waals surface area (Å²) in [7, 11) is -1.22. The Morgan fingerprint density at radius 2 is 1.57 bits per heavy atom. The average molecular weight is 500 g/mol. The molecule has 1 saturated heterocycles. The van der Waals surface area contributed by atoms with Crippen LogP contribution in [-0.4, -0.2) is 40.5 Å². The minimum Gasteiger partial charge on any atom is -0.497 e. The summed E-state index contributed by atoms with van der Waals surface area (Å²) in [5.74, 6) is -0.807. The molecule has 0 unspecified atom stereocenters. The van der Waals surface area contributed by atoms with E-state index < -0.39 is 33.7 Å². The second-order valence-corrected chi connectivity index (χ2v) is 9.30. The van der Waals surface area contributed by atoms with Crippen molar-refractivity contribution in [2.45, 2.75) is 17.4 Å². The zero-order valence-electron chi connectivity index (χ0n) is 18.8. The topological polar surface area (TPSA) is 114 Å². The number of methoxy groups -OCH3 is 2. The summed E-state index contributed by atoms with van der Waals surface area (Å²) >= 11 is 0. The molecule has 0 aromatic heterocycles. The maximum atomic E-state index is 13.2. The molecule has 182 valence electrons. The van der Waals surface area contributed by atoms with Crippen LogP contribution in [0.15, 0.2) is 71.6 Å². The zero-order valence-corrected chi connectivity index (χ0v) is 19.6. The molecule has 1 atom stereocenters. The number of rotatable bonds is 8. The molecule has 1 fully saturated rings. The Labute approximate surface area is 201 Å². The van der Waals surface area contributed by atoms with Gasteiger partial charge < -0.3 is 14.8 Å². The summed E-state index contributed by atoms with van der Waals surface area (Å²) in [4.78, 5) is 26.2. The molecular formula is C24H22FN3O6S. The molecule has 3 aromatic carbocycles. The number of carbonyl (C=O) groups is 2. The molecule has 4 rings (SSSR count). The first-order valence-corrected chi connectivity index (χ1v) is 11.9. The predicted molar refractivity (Wildman–Crippen MR) is 128 cm³/mol. The second kappa shape index (κ2) is 9.63. The van der Waals surface area contributed by atoms with E-state index in [1.807, 2.05) is 0 Å². The van der Waals surface area contributed by atoms with E-state index in [1.165, 1.54) is 38.5 Å². The SMILES string of the molecule is COc1ccc(NS(=O)(=O)c2cc(N[C@@H]3CC(=O)N(c4ccc(F)cc4)C3=O)ccc2OC)cc1. The van der Waals surface area contributed by atoms with Gasteiger partial charge in [-0.2, -0.15) is 0 Å². The maximum absolute atomic E-state index is 13.2. The third-order valence-electron chi connectivity index (χ3n) is 5.37. The summed E-state index contributed by atoms with van der Waals surface area (Å²) in [5, 5.41) is 2.92. The van der Waals surface area contributed by atoms with Gasteiger partial charge in [0.15, 0.2) is 0 Å². The largest absolute Gasteiger partial charge is 0.497 e. The van der Waals surface area contributed by atoms with Crippen molar-refractivity contribution >= 4 is 38.9 Å². The number of hydrogen-bond acceptors (Lipinski definition) is 7. The number of hydrogen-bond donors (Lipinski definition) is 2. The normalized spacial score (nSPS) is 15.7. The number of nitrogens with zero attached hydrogens (tertiary/aromatic N) is 1. The number of benzene rings is 3. The van der Waals surface area contributed by atoms with Gasteiger partial charge in [0.05, 0.1) is 26.3 Å². The first-order chi connectivity index (χ1) is 16.7. The Balaban J connectivity index is 1.57. The minimum atomic E-state index is -4.07. The van der Waals surface area contributed by atoms with Crippen LogP contribution in [0.1, 0.15) is 6.42 Å². The Morgan fingerprint density at radius 3 is 2.20 bits per heavy atom. The van der Waals surface area contributed by atoms with Crippen LogP contribution in [0.2, 0.25) is 0 Å². The highest BCUT2D eigenvalue weighted by molar-refractivity contribution is 7.92. The van der Waals surface area contributed by atoms with Crippen LogP contribution in [0.25, 0.3) is 0 Å². The van der Waals surface area contributed by atoms with Gasteiger partial charge in [-0.25, -0.2) is 17.7 Å². The van der Waals surface area contributed by atoms with E-state index in [4.69, 9.17) is 9.47 Å². The van der Waals surface area contributed by atoms with Crippen LogP contribution in [0.4, 0.5) is 21.5 Å². The number of imide groups is 1. The highest BCUT2D eigenvalue weighted by atomic mass is 32.2. The van der Waals surface area contributed by atoms with Crippen LogP contribution in [0.3, 0.4) is 0 Å². The molecule has 0 radical (unpaired) electrons. The van der Waals surface area contributed by atoms with Crippen molar-refractivity contribution in [1.29, 1.82) is 0 Å². The van der Waals surface area contributed by atoms with E-state index in [1.54, 1.807) is 30.3 Å². The van der Waals surface area contributed by atoms with E-state index >= 15 is 0 Å². The molecule has 1 aliphatic rings. The van der Waals surface area contributed by atoms with Gasteiger partial charge in [-0.15, -0.1) is 0 Å². The zero-order chi connectivity index (χ0) is 25.2. The molecule has 0 spiro atoms. The number of anilines is 3. The molecule has 9 nitrogen and oxygen atoms in total. The molecule has 2 amide bonds. The quantitative estimate of drug-likeness (QED) is 0.457. The van der Waals surface area contributed by atoms with Crippen molar-refractivity contribution in [3.63, 3.8) is 0 Å². The van der Waals surface area contributed by atoms with Crippen molar-refractivity contribution in [3.8, 4) is 11.5 Å². The van der Waals surface area contributed by atoms with Crippen LogP contribution >= 0.6 is 0 Å². The van der Waals surface area contributed by atoms with Crippen molar-refractivity contribution in [2.75, 3.05) is 29.2 Å². The van der Waals surface area contributed by atoms with E-state index in [9.17, 15) is 22.4 Å². The fourth-order valence-electron chi connectivity index (χ4n) is 3.65. The minimum absolute atomic E-state index is 0.0957. The first kappa shape index (κ1) is 24.0. The van der Waals surface area contributed by atoms with Crippen LogP contribution < -0.4 is 24.4 Å². The number of ether oxygens (including phenoxy) is 2. The van der Waals surface area contributed by atoms with E-state index in [-0.39, 0.29) is 22.8 Å². The number of carbonyl (C=O) groups excluding carboxylic acids is 2. The van der Waals surface area contributed by atoms with Crippen LogP contribution in [-0.2, 0) is 19.6 Å². The second-order valence-electron chi connectivity index (χ2n) is 7.64. The maximum Gasteiger partial charge on any atom is 0.265 e. The molecule has 2 N–H and O–H groups in total. The molecule has 0 bridgehead atoms. The van der Waals surface area contributed by atoms with Crippen molar-refractivity contribution < 1.29 is 31.9 Å². The lowest BCUT2D eigenvalue weighted by atomic mass is 10.2. The lowest BCUT2D eigenvalue weighted by Gasteiger charge is -2.17. The number of sulfonamides is 1. The third-order valence-corrected chi connectivity index (χ3v) is 6.77. The molecule has 1 heterocycles. The number of nitrogens with one attached hydrogen (secondary N) is 2. The smallest absolute Gasteiger partial charge is 0.265 e. The van der Waals surface area contributed by atoms with Crippen molar-refractivity contribution in [3.05, 3.63) is 72.5 Å². The van der Waals surface area contributed by atoms with Crippen molar-refractivity contribution in [1.82, 2.24) is 0 Å². The highest BCUT2D eigenvalue weighted by Crippen LogP contribution is 2.31. The van der Waals surface area contributed by atoms with Gasteiger partial charge in [-0.05, 0) is 66.7 Å². The average Bonchev–Trinajstić information content (AvgIpc) is 3.12. The molecule has 0 saturated carbocycles. The van der Waals surface area contributed by atoms with Crippen LogP contribution in [0.5, 0.6) is 11.5 Å². The number of amides is 2. The Bertz CT molecular complexity index is 1360. The first-order valence-electron chi connectivity index (χ1n) is 10.5. The predicted octanol–water partition coefficient (Wildman–Crippen LogP) is 3.39. The summed E-state index contributed by atoms with van der Waals surface area (Å²) in [5.41, 5.74) is 0.873. The Morgan fingerprint density at radius 1 is 0.914 bits per heavy atom. The van der Waals surface area contributed by atoms with Gasteiger partial charge in [-0.1, -0.05) is 0 Å². The van der Waals surface area contributed by atoms with Gasteiger partial charge in [0.25, 0.3) is 15.9 Å². The van der Waals surface area contributed by atoms with Gasteiger partial charge in [0.1, 0.15) is 28.3 Å². The summed E-state index contributed by atoms with van der Waals surface area (Å²) in [6.07, 6.45) is -0.144. The van der Waals surface area contributed by atoms with E-state index in [0.717, 1.165) is 17.0 Å². The Hall–Kier alpha value is -4.12. The van der Waals surface area contributed by atoms with Gasteiger partial charge in [-0.3, -0.25) is 14.3 Å². The molecular weight excluding hydrogens is 477 g/mol. The van der Waals surface area contributed by atoms with Crippen LogP contribution in [0, 0.1) is 5.82 Å². The molecule has 1 aliphatic heterocycles. The standard InChI is InChI=1S/C24H22FN3O6S/c1-33-19-10-5-16(6-11-19)27-35(31,32)22-13-17(7-12-21(22)34-2)26-20-14-23(29)28(24(20)30)18-8-3-15(25)4-9-18/h3-13,20,26-27H,14H2,1-2H3/t20-/m1/s1. The van der Waals surface area contributed by atoms with Gasteiger partial charge in [0.2, 0.25) is 5.91 Å². The van der Waals surface area contributed by atoms with Gasteiger partial charge in [0, 0.05) is 11.4 Å². The van der Waals surface area contributed by atoms with E-state index in [0.29, 0.717) is 17.1 Å².